The van der Waals surface area contributed by atoms with E-state index in [2.05, 4.69) is 4.98 Å². The normalized spacial score (nSPS) is 19.1. The van der Waals surface area contributed by atoms with Crippen molar-refractivity contribution in [1.82, 2.24) is 4.98 Å². The molecule has 6 nitrogen and oxygen atoms in total. The molecular formula is C11H8N2O4S. The minimum atomic E-state index is -0.436. The van der Waals surface area contributed by atoms with Crippen LogP contribution in [0.3, 0.4) is 0 Å². The molecule has 92 valence electrons. The maximum absolute atomic E-state index is 11.1. The van der Waals surface area contributed by atoms with Gasteiger partial charge in [-0.1, -0.05) is 0 Å². The standard InChI is InChI=1S/C11H8N2O4S/c14-10-4-3-8(17-10)11-12-7-2-1-6(13(15)16)5-9(7)18-11/h1-2,5,8H,3-4H2. The van der Waals surface area contributed by atoms with E-state index in [1.165, 1.54) is 23.5 Å². The van der Waals surface area contributed by atoms with E-state index in [1.807, 2.05) is 0 Å². The number of carbonyl (C=O) groups excluding carboxylic acids is 1. The lowest BCUT2D eigenvalue weighted by Crippen LogP contribution is -1.97. The molecule has 1 atom stereocenters. The summed E-state index contributed by atoms with van der Waals surface area (Å²) in [4.78, 5) is 25.6. The lowest BCUT2D eigenvalue weighted by molar-refractivity contribution is -0.384. The summed E-state index contributed by atoms with van der Waals surface area (Å²) in [5.74, 6) is -0.217. The van der Waals surface area contributed by atoms with E-state index in [0.717, 1.165) is 4.70 Å². The number of thiazole rings is 1. The van der Waals surface area contributed by atoms with Gasteiger partial charge in [-0.3, -0.25) is 14.9 Å². The maximum Gasteiger partial charge on any atom is 0.306 e. The molecular weight excluding hydrogens is 256 g/mol. The van der Waals surface area contributed by atoms with Crippen molar-refractivity contribution in [3.8, 4) is 0 Å². The van der Waals surface area contributed by atoms with Gasteiger partial charge in [-0.05, 0) is 6.07 Å². The Bertz CT molecular complexity index is 652. The predicted molar refractivity (Wildman–Crippen MR) is 64.3 cm³/mol. The highest BCUT2D eigenvalue weighted by Crippen LogP contribution is 2.35. The zero-order valence-corrected chi connectivity index (χ0v) is 9.98. The number of non-ortho nitro benzene ring substituents is 1. The molecule has 1 saturated heterocycles. The molecule has 3 rings (SSSR count). The molecule has 0 amide bonds. The lowest BCUT2D eigenvalue weighted by Gasteiger charge is -2.02. The lowest BCUT2D eigenvalue weighted by atomic mass is 10.2. The predicted octanol–water partition coefficient (Wildman–Crippen LogP) is 2.58. The van der Waals surface area contributed by atoms with Crippen LogP contribution in [0, 0.1) is 10.1 Å². The second-order valence-corrected chi connectivity index (χ2v) is 5.04. The van der Waals surface area contributed by atoms with Gasteiger partial charge in [-0.15, -0.1) is 11.3 Å². The van der Waals surface area contributed by atoms with Crippen molar-refractivity contribution < 1.29 is 14.5 Å². The zero-order valence-electron chi connectivity index (χ0n) is 9.16. The van der Waals surface area contributed by atoms with Crippen LogP contribution < -0.4 is 0 Å². The average Bonchev–Trinajstić information content (AvgIpc) is 2.93. The Morgan fingerprint density at radius 2 is 2.33 bits per heavy atom. The first kappa shape index (κ1) is 11.1. The third-order valence-corrected chi connectivity index (χ3v) is 3.87. The molecule has 1 aliphatic heterocycles. The summed E-state index contributed by atoms with van der Waals surface area (Å²) < 4.78 is 5.87. The van der Waals surface area contributed by atoms with Crippen LogP contribution in [-0.4, -0.2) is 15.9 Å². The number of nitrogens with zero attached hydrogens (tertiary/aromatic N) is 2. The molecule has 0 spiro atoms. The van der Waals surface area contributed by atoms with E-state index in [1.54, 1.807) is 6.07 Å². The van der Waals surface area contributed by atoms with Crippen LogP contribution in [0.15, 0.2) is 18.2 Å². The Morgan fingerprint density at radius 1 is 1.50 bits per heavy atom. The molecule has 0 radical (unpaired) electrons. The first-order valence-corrected chi connectivity index (χ1v) is 6.19. The highest BCUT2D eigenvalue weighted by molar-refractivity contribution is 7.18. The summed E-state index contributed by atoms with van der Waals surface area (Å²) in [5.41, 5.74) is 0.740. The summed E-state index contributed by atoms with van der Waals surface area (Å²) in [6.07, 6.45) is 0.732. The van der Waals surface area contributed by atoms with Crippen molar-refractivity contribution in [1.29, 1.82) is 0 Å². The van der Waals surface area contributed by atoms with Crippen molar-refractivity contribution in [2.75, 3.05) is 0 Å². The number of ether oxygens (including phenoxy) is 1. The molecule has 1 fully saturated rings. The fraction of sp³-hybridized carbons (Fsp3) is 0.273. The first-order chi connectivity index (χ1) is 8.63. The first-order valence-electron chi connectivity index (χ1n) is 5.38. The quantitative estimate of drug-likeness (QED) is 0.473. The van der Waals surface area contributed by atoms with E-state index in [9.17, 15) is 14.9 Å². The second kappa shape index (κ2) is 4.02. The summed E-state index contributed by atoms with van der Waals surface area (Å²) in [6.45, 7) is 0. The summed E-state index contributed by atoms with van der Waals surface area (Å²) in [7, 11) is 0. The summed E-state index contributed by atoms with van der Waals surface area (Å²) in [5, 5.41) is 11.4. The molecule has 18 heavy (non-hydrogen) atoms. The van der Waals surface area contributed by atoms with E-state index < -0.39 is 4.92 Å². The minimum absolute atomic E-state index is 0.0427. The highest BCUT2D eigenvalue weighted by Gasteiger charge is 2.27. The van der Waals surface area contributed by atoms with Crippen molar-refractivity contribution in [2.24, 2.45) is 0 Å². The third kappa shape index (κ3) is 1.82. The SMILES string of the molecule is O=C1CCC(c2nc3ccc([N+](=O)[O-])cc3s2)O1. The number of cyclic esters (lactones) is 1. The smallest absolute Gasteiger partial charge is 0.306 e. The highest BCUT2D eigenvalue weighted by atomic mass is 32.1. The van der Waals surface area contributed by atoms with Gasteiger partial charge in [-0.25, -0.2) is 4.98 Å². The molecule has 0 bridgehead atoms. The molecule has 1 aromatic heterocycles. The van der Waals surface area contributed by atoms with Crippen molar-refractivity contribution in [3.63, 3.8) is 0 Å². The fourth-order valence-electron chi connectivity index (χ4n) is 1.88. The molecule has 0 N–H and O–H groups in total. The molecule has 1 aromatic carbocycles. The Balaban J connectivity index is 2.00. The molecule has 1 unspecified atom stereocenters. The van der Waals surface area contributed by atoms with Gasteiger partial charge in [0, 0.05) is 25.0 Å². The number of fused-ring (bicyclic) bond motifs is 1. The molecule has 2 heterocycles. The summed E-state index contributed by atoms with van der Waals surface area (Å²) in [6, 6.07) is 4.53. The van der Waals surface area contributed by atoms with Crippen molar-refractivity contribution in [2.45, 2.75) is 18.9 Å². The van der Waals surface area contributed by atoms with Gasteiger partial charge in [0.15, 0.2) is 6.10 Å². The minimum Gasteiger partial charge on any atom is -0.455 e. The maximum atomic E-state index is 11.1. The van der Waals surface area contributed by atoms with Crippen LogP contribution in [0.4, 0.5) is 5.69 Å². The second-order valence-electron chi connectivity index (χ2n) is 3.98. The van der Waals surface area contributed by atoms with Gasteiger partial charge in [0.1, 0.15) is 5.01 Å². The van der Waals surface area contributed by atoms with Crippen LogP contribution in [0.25, 0.3) is 10.2 Å². The number of aromatic nitrogens is 1. The Kier molecular flexibility index (Phi) is 2.48. The largest absolute Gasteiger partial charge is 0.455 e. The number of esters is 1. The van der Waals surface area contributed by atoms with E-state index in [4.69, 9.17) is 4.74 Å². The van der Waals surface area contributed by atoms with Crippen LogP contribution in [0.5, 0.6) is 0 Å². The van der Waals surface area contributed by atoms with E-state index in [-0.39, 0.29) is 17.8 Å². The number of rotatable bonds is 2. The Labute approximate surface area is 105 Å². The van der Waals surface area contributed by atoms with Crippen LogP contribution in [0.2, 0.25) is 0 Å². The van der Waals surface area contributed by atoms with Crippen LogP contribution >= 0.6 is 11.3 Å². The number of carbonyl (C=O) groups is 1. The summed E-state index contributed by atoms with van der Waals surface area (Å²) >= 11 is 1.34. The molecule has 0 aliphatic carbocycles. The van der Waals surface area contributed by atoms with Crippen LogP contribution in [0.1, 0.15) is 24.0 Å². The monoisotopic (exact) mass is 264 g/mol. The Morgan fingerprint density at radius 3 is 3.00 bits per heavy atom. The number of hydrogen-bond acceptors (Lipinski definition) is 6. The topological polar surface area (TPSA) is 82.3 Å². The van der Waals surface area contributed by atoms with Gasteiger partial charge in [0.2, 0.25) is 0 Å². The number of nitro groups is 1. The van der Waals surface area contributed by atoms with Gasteiger partial charge in [0.25, 0.3) is 5.69 Å². The van der Waals surface area contributed by atoms with Gasteiger partial charge in [0.05, 0.1) is 15.1 Å². The van der Waals surface area contributed by atoms with Gasteiger partial charge < -0.3 is 4.74 Å². The molecule has 7 heteroatoms. The van der Waals surface area contributed by atoms with Crippen molar-refractivity contribution in [3.05, 3.63) is 33.3 Å². The molecule has 2 aromatic rings. The third-order valence-electron chi connectivity index (χ3n) is 2.76. The van der Waals surface area contributed by atoms with Crippen LogP contribution in [-0.2, 0) is 9.53 Å². The number of hydrogen-bond donors (Lipinski definition) is 0. The number of benzene rings is 1. The van der Waals surface area contributed by atoms with E-state index in [0.29, 0.717) is 23.4 Å². The number of nitro benzene ring substituents is 1. The van der Waals surface area contributed by atoms with E-state index >= 15 is 0 Å². The van der Waals surface area contributed by atoms with Gasteiger partial charge >= 0.3 is 5.97 Å². The fourth-order valence-corrected chi connectivity index (χ4v) is 2.95. The Hall–Kier alpha value is -2.02. The van der Waals surface area contributed by atoms with Crippen molar-refractivity contribution >= 4 is 33.2 Å². The zero-order chi connectivity index (χ0) is 12.7. The molecule has 1 aliphatic rings. The van der Waals surface area contributed by atoms with Gasteiger partial charge in [-0.2, -0.15) is 0 Å². The average molecular weight is 264 g/mol. The molecule has 0 saturated carbocycles.